The molecular formula is C13H17N3O2. The minimum Gasteiger partial charge on any atom is -0.262 e. The Balaban J connectivity index is 2.47. The molecule has 2 rings (SSSR count). The largest absolute Gasteiger partial charge is 0.262 e. The lowest BCUT2D eigenvalue weighted by molar-refractivity contribution is -0.239. The van der Waals surface area contributed by atoms with Gasteiger partial charge in [-0.1, -0.05) is 35.4 Å². The monoisotopic (exact) mass is 247 g/mol. The lowest BCUT2D eigenvalue weighted by Gasteiger charge is -2.34. The summed E-state index contributed by atoms with van der Waals surface area (Å²) in [6.07, 6.45) is 0. The van der Waals surface area contributed by atoms with Crippen molar-refractivity contribution in [3.8, 4) is 0 Å². The molecule has 0 aromatic heterocycles. The molecule has 1 aromatic rings. The summed E-state index contributed by atoms with van der Waals surface area (Å²) in [4.78, 5) is 20.0. The Morgan fingerprint density at radius 3 is 2.33 bits per heavy atom. The van der Waals surface area contributed by atoms with Crippen molar-refractivity contribution in [2.75, 3.05) is 0 Å². The molecule has 5 heteroatoms. The van der Waals surface area contributed by atoms with Crippen LogP contribution in [-0.2, 0) is 4.94 Å². The van der Waals surface area contributed by atoms with Gasteiger partial charge in [-0.25, -0.2) is 0 Å². The summed E-state index contributed by atoms with van der Waals surface area (Å²) in [5, 5.41) is 4.06. The molecule has 96 valence electrons. The van der Waals surface area contributed by atoms with Crippen LogP contribution in [0.4, 0.5) is 0 Å². The first kappa shape index (κ1) is 12.7. The Kier molecular flexibility index (Phi) is 2.94. The van der Waals surface area contributed by atoms with Gasteiger partial charge in [0.1, 0.15) is 5.66 Å². The van der Waals surface area contributed by atoms with Crippen molar-refractivity contribution < 1.29 is 4.94 Å². The van der Waals surface area contributed by atoms with Gasteiger partial charge in [0, 0.05) is 0 Å². The number of hydrogen-bond acceptors (Lipinski definition) is 5. The lowest BCUT2D eigenvalue weighted by Crippen LogP contribution is -2.51. The van der Waals surface area contributed by atoms with Crippen molar-refractivity contribution in [1.82, 2.24) is 5.06 Å². The third kappa shape index (κ3) is 1.90. The van der Waals surface area contributed by atoms with Crippen LogP contribution in [0.2, 0.25) is 0 Å². The maximum absolute atomic E-state index is 10.4. The first-order valence-corrected chi connectivity index (χ1v) is 5.85. The quantitative estimate of drug-likeness (QED) is 0.609. The molecule has 0 unspecified atom stereocenters. The zero-order valence-corrected chi connectivity index (χ0v) is 11.0. The molecule has 1 aliphatic rings. The Morgan fingerprint density at radius 1 is 1.17 bits per heavy atom. The standard InChI is InChI=1S/C13H17N3O2/c1-12(2)11(10-8-6-5-7-9-10)14-13(3,4)16(12)18-15-17/h5-9H,1-4H3. The molecule has 1 aliphatic heterocycles. The Labute approximate surface area is 106 Å². The van der Waals surface area contributed by atoms with Gasteiger partial charge in [-0.2, -0.15) is 0 Å². The van der Waals surface area contributed by atoms with E-state index in [2.05, 4.69) is 10.3 Å². The van der Waals surface area contributed by atoms with Gasteiger partial charge in [-0.3, -0.25) is 9.93 Å². The SMILES string of the molecule is CC1(C)N=C(c2ccccc2)C(C)(C)N1ON=O. The van der Waals surface area contributed by atoms with E-state index in [-0.39, 0.29) is 0 Å². The zero-order chi connectivity index (χ0) is 13.4. The van der Waals surface area contributed by atoms with E-state index in [0.717, 1.165) is 11.3 Å². The molecule has 1 heterocycles. The minimum absolute atomic E-state index is 0.515. The number of hydroxylamine groups is 2. The summed E-state index contributed by atoms with van der Waals surface area (Å²) < 4.78 is 0. The maximum atomic E-state index is 10.4. The lowest BCUT2D eigenvalue weighted by atomic mass is 9.93. The second-order valence-corrected chi connectivity index (χ2v) is 5.33. The number of rotatable bonds is 3. The molecule has 0 N–H and O–H groups in total. The minimum atomic E-state index is -0.622. The highest BCUT2D eigenvalue weighted by Gasteiger charge is 2.50. The molecule has 0 fully saturated rings. The van der Waals surface area contributed by atoms with Gasteiger partial charge in [0.15, 0.2) is 5.34 Å². The van der Waals surface area contributed by atoms with Gasteiger partial charge in [-0.05, 0) is 33.3 Å². The number of aliphatic imine (C=N–C) groups is 1. The third-order valence-corrected chi connectivity index (χ3v) is 3.13. The van der Waals surface area contributed by atoms with E-state index in [1.54, 1.807) is 0 Å². The Bertz CT molecular complexity index is 480. The summed E-state index contributed by atoms with van der Waals surface area (Å²) >= 11 is 0. The van der Waals surface area contributed by atoms with Crippen molar-refractivity contribution >= 4 is 5.71 Å². The van der Waals surface area contributed by atoms with E-state index in [9.17, 15) is 4.91 Å². The highest BCUT2D eigenvalue weighted by molar-refractivity contribution is 6.08. The number of nitrogens with zero attached hydrogens (tertiary/aromatic N) is 3. The topological polar surface area (TPSA) is 54.3 Å². The van der Waals surface area contributed by atoms with Crippen LogP contribution in [0, 0.1) is 4.91 Å². The first-order valence-electron chi connectivity index (χ1n) is 5.85. The van der Waals surface area contributed by atoms with E-state index in [1.165, 1.54) is 5.06 Å². The average molecular weight is 247 g/mol. The van der Waals surface area contributed by atoms with Gasteiger partial charge < -0.3 is 0 Å². The summed E-state index contributed by atoms with van der Waals surface area (Å²) in [5.41, 5.74) is 0.769. The summed E-state index contributed by atoms with van der Waals surface area (Å²) in [6.45, 7) is 7.68. The fourth-order valence-corrected chi connectivity index (χ4v) is 2.49. The van der Waals surface area contributed by atoms with Crippen molar-refractivity contribution in [3.63, 3.8) is 0 Å². The van der Waals surface area contributed by atoms with Crippen LogP contribution in [0.3, 0.4) is 0 Å². The number of benzene rings is 1. The van der Waals surface area contributed by atoms with Gasteiger partial charge >= 0.3 is 0 Å². The summed E-state index contributed by atoms with van der Waals surface area (Å²) in [6, 6.07) is 9.87. The zero-order valence-electron chi connectivity index (χ0n) is 11.0. The fourth-order valence-electron chi connectivity index (χ4n) is 2.49. The molecule has 1 aromatic carbocycles. The molecule has 0 aliphatic carbocycles. The molecule has 0 spiro atoms. The van der Waals surface area contributed by atoms with E-state index in [0.29, 0.717) is 0 Å². The van der Waals surface area contributed by atoms with E-state index in [1.807, 2.05) is 58.0 Å². The molecule has 0 bridgehead atoms. The molecule has 0 saturated heterocycles. The predicted molar refractivity (Wildman–Crippen MR) is 69.9 cm³/mol. The van der Waals surface area contributed by atoms with Gasteiger partial charge in [0.2, 0.25) is 0 Å². The van der Waals surface area contributed by atoms with Crippen LogP contribution in [0.1, 0.15) is 33.3 Å². The molecule has 18 heavy (non-hydrogen) atoms. The van der Waals surface area contributed by atoms with Gasteiger partial charge in [0.05, 0.1) is 11.3 Å². The fraction of sp³-hybridized carbons (Fsp3) is 0.462. The van der Waals surface area contributed by atoms with E-state index < -0.39 is 11.2 Å². The van der Waals surface area contributed by atoms with Gasteiger partial charge in [0.25, 0.3) is 0 Å². The molecule has 5 nitrogen and oxygen atoms in total. The smallest absolute Gasteiger partial charge is 0.176 e. The van der Waals surface area contributed by atoms with Crippen LogP contribution < -0.4 is 0 Å². The maximum Gasteiger partial charge on any atom is 0.176 e. The third-order valence-electron chi connectivity index (χ3n) is 3.13. The van der Waals surface area contributed by atoms with Gasteiger partial charge in [-0.15, -0.1) is 4.91 Å². The predicted octanol–water partition coefficient (Wildman–Crippen LogP) is 2.92. The van der Waals surface area contributed by atoms with Crippen molar-refractivity contribution in [1.29, 1.82) is 0 Å². The molecule has 0 saturated carbocycles. The second-order valence-electron chi connectivity index (χ2n) is 5.33. The number of hydrogen-bond donors (Lipinski definition) is 0. The first-order chi connectivity index (χ1) is 8.39. The van der Waals surface area contributed by atoms with Crippen LogP contribution >= 0.6 is 0 Å². The average Bonchev–Trinajstić information content (AvgIpc) is 2.50. The van der Waals surface area contributed by atoms with Crippen LogP contribution in [0.25, 0.3) is 0 Å². The van der Waals surface area contributed by atoms with Crippen molar-refractivity contribution in [2.24, 2.45) is 10.3 Å². The van der Waals surface area contributed by atoms with E-state index >= 15 is 0 Å². The van der Waals surface area contributed by atoms with Crippen molar-refractivity contribution in [3.05, 3.63) is 40.8 Å². The molecule has 0 amide bonds. The second kappa shape index (κ2) is 4.17. The van der Waals surface area contributed by atoms with Crippen LogP contribution in [0.15, 0.2) is 40.7 Å². The Morgan fingerprint density at radius 2 is 1.78 bits per heavy atom. The summed E-state index contributed by atoms with van der Waals surface area (Å²) in [5.74, 6) is 0. The molecule has 0 radical (unpaired) electrons. The summed E-state index contributed by atoms with van der Waals surface area (Å²) in [7, 11) is 0. The Hall–Kier alpha value is -1.75. The highest BCUT2D eigenvalue weighted by Crippen LogP contribution is 2.37. The highest BCUT2D eigenvalue weighted by atomic mass is 16.9. The normalized spacial score (nSPS) is 21.4. The molecule has 0 atom stereocenters. The van der Waals surface area contributed by atoms with Crippen molar-refractivity contribution in [2.45, 2.75) is 38.9 Å². The van der Waals surface area contributed by atoms with Crippen LogP contribution in [-0.4, -0.2) is 22.0 Å². The van der Waals surface area contributed by atoms with E-state index in [4.69, 9.17) is 4.94 Å². The van der Waals surface area contributed by atoms with Crippen LogP contribution in [0.5, 0.6) is 0 Å². The molecular weight excluding hydrogens is 230 g/mol.